The van der Waals surface area contributed by atoms with Crippen molar-refractivity contribution < 1.29 is 19.4 Å². The van der Waals surface area contributed by atoms with E-state index in [0.717, 1.165) is 17.5 Å². The van der Waals surface area contributed by atoms with Gasteiger partial charge in [0, 0.05) is 11.8 Å². The molecule has 1 fully saturated rings. The Morgan fingerprint density at radius 1 is 1.11 bits per heavy atom. The van der Waals surface area contributed by atoms with Gasteiger partial charge in [-0.05, 0) is 67.4 Å². The summed E-state index contributed by atoms with van der Waals surface area (Å²) in [6, 6.07) is 16.7. The Morgan fingerprint density at radius 2 is 1.91 bits per heavy atom. The molecule has 1 unspecified atom stereocenters. The van der Waals surface area contributed by atoms with Gasteiger partial charge in [0.2, 0.25) is 5.95 Å². The van der Waals surface area contributed by atoms with Crippen LogP contribution >= 0.6 is 0 Å². The smallest absolute Gasteiger partial charge is 0.302 e. The SMILES string of the molecule is CCCOc1ccc(/C(O)=C2\C(=O)C(=O)N(c3nc4ccc(C)cc4[nH]3)C2c2ccccn2)cc1. The van der Waals surface area contributed by atoms with Crippen LogP contribution in [0.15, 0.2) is 72.4 Å². The Labute approximate surface area is 201 Å². The summed E-state index contributed by atoms with van der Waals surface area (Å²) in [5.41, 5.74) is 3.22. The molecular formula is C27H24N4O4. The first-order chi connectivity index (χ1) is 17.0. The molecule has 5 rings (SSSR count). The molecule has 35 heavy (non-hydrogen) atoms. The summed E-state index contributed by atoms with van der Waals surface area (Å²) >= 11 is 0. The predicted molar refractivity (Wildman–Crippen MR) is 132 cm³/mol. The maximum Gasteiger partial charge on any atom is 0.302 e. The molecule has 2 aromatic heterocycles. The molecule has 0 radical (unpaired) electrons. The van der Waals surface area contributed by atoms with E-state index in [2.05, 4.69) is 15.0 Å². The number of imidazole rings is 1. The highest BCUT2D eigenvalue weighted by atomic mass is 16.5. The Hall–Kier alpha value is -4.46. The molecule has 8 nitrogen and oxygen atoms in total. The molecule has 1 atom stereocenters. The molecule has 3 heterocycles. The fourth-order valence-corrected chi connectivity index (χ4v) is 4.18. The van der Waals surface area contributed by atoms with E-state index < -0.39 is 17.7 Å². The summed E-state index contributed by atoms with van der Waals surface area (Å²) in [6.45, 7) is 4.55. The summed E-state index contributed by atoms with van der Waals surface area (Å²) in [6.07, 6.45) is 2.45. The number of amides is 1. The number of aryl methyl sites for hydroxylation is 1. The number of ether oxygens (including phenoxy) is 1. The lowest BCUT2D eigenvalue weighted by Gasteiger charge is -2.22. The standard InChI is InChI=1S/C27H24N4O4/c1-3-14-35-18-10-8-17(9-11-18)24(32)22-23(20-6-4-5-13-28-20)31(26(34)25(22)33)27-29-19-12-7-16(2)15-21(19)30-27/h4-13,15,23,32H,3,14H2,1-2H3,(H,29,30)/b24-22+. The minimum atomic E-state index is -0.950. The van der Waals surface area contributed by atoms with Gasteiger partial charge < -0.3 is 14.8 Å². The van der Waals surface area contributed by atoms with E-state index in [9.17, 15) is 14.7 Å². The topological polar surface area (TPSA) is 108 Å². The maximum absolute atomic E-state index is 13.3. The van der Waals surface area contributed by atoms with Gasteiger partial charge in [-0.2, -0.15) is 0 Å². The first-order valence-corrected chi connectivity index (χ1v) is 11.4. The molecule has 0 spiro atoms. The third-order valence-corrected chi connectivity index (χ3v) is 5.87. The molecule has 0 saturated carbocycles. The van der Waals surface area contributed by atoms with Gasteiger partial charge >= 0.3 is 5.91 Å². The summed E-state index contributed by atoms with van der Waals surface area (Å²) in [7, 11) is 0. The van der Waals surface area contributed by atoms with Crippen molar-refractivity contribution in [1.82, 2.24) is 15.0 Å². The van der Waals surface area contributed by atoms with Crippen molar-refractivity contribution in [3.8, 4) is 5.75 Å². The summed E-state index contributed by atoms with van der Waals surface area (Å²) in [5.74, 6) is -1.01. The van der Waals surface area contributed by atoms with Crippen LogP contribution in [0.5, 0.6) is 5.75 Å². The zero-order chi connectivity index (χ0) is 24.5. The van der Waals surface area contributed by atoms with Crippen LogP contribution in [0.1, 0.15) is 36.2 Å². The number of ketones is 1. The van der Waals surface area contributed by atoms with Gasteiger partial charge in [-0.25, -0.2) is 4.98 Å². The van der Waals surface area contributed by atoms with E-state index in [1.54, 1.807) is 48.7 Å². The Bertz CT molecular complexity index is 1440. The number of nitrogens with zero attached hydrogens (tertiary/aromatic N) is 3. The molecule has 1 aliphatic rings. The van der Waals surface area contributed by atoms with Crippen LogP contribution in [-0.4, -0.2) is 38.4 Å². The Kier molecular flexibility index (Phi) is 5.78. The number of hydrogen-bond donors (Lipinski definition) is 2. The van der Waals surface area contributed by atoms with Crippen molar-refractivity contribution in [2.24, 2.45) is 0 Å². The van der Waals surface area contributed by atoms with Crippen molar-refractivity contribution in [3.05, 3.63) is 89.3 Å². The lowest BCUT2D eigenvalue weighted by molar-refractivity contribution is -0.132. The number of carbonyl (C=O) groups is 2. The number of anilines is 1. The van der Waals surface area contributed by atoms with Crippen molar-refractivity contribution in [3.63, 3.8) is 0 Å². The van der Waals surface area contributed by atoms with Crippen LogP contribution in [0, 0.1) is 6.92 Å². The normalized spacial score (nSPS) is 17.3. The lowest BCUT2D eigenvalue weighted by Crippen LogP contribution is -2.30. The van der Waals surface area contributed by atoms with Gasteiger partial charge in [-0.15, -0.1) is 0 Å². The Balaban J connectivity index is 1.64. The number of aliphatic hydroxyl groups excluding tert-OH is 1. The number of H-pyrrole nitrogens is 1. The minimum absolute atomic E-state index is 0.0486. The van der Waals surface area contributed by atoms with Gasteiger partial charge in [0.05, 0.1) is 28.9 Å². The van der Waals surface area contributed by atoms with Gasteiger partial charge in [0.1, 0.15) is 17.6 Å². The molecule has 2 aromatic carbocycles. The monoisotopic (exact) mass is 468 g/mol. The number of rotatable bonds is 6. The zero-order valence-electron chi connectivity index (χ0n) is 19.4. The fourth-order valence-electron chi connectivity index (χ4n) is 4.18. The van der Waals surface area contributed by atoms with E-state index in [1.807, 2.05) is 32.0 Å². The lowest BCUT2D eigenvalue weighted by atomic mass is 9.98. The van der Waals surface area contributed by atoms with Crippen LogP contribution in [0.25, 0.3) is 16.8 Å². The van der Waals surface area contributed by atoms with Crippen LogP contribution in [0.2, 0.25) is 0 Å². The third-order valence-electron chi connectivity index (χ3n) is 5.87. The van der Waals surface area contributed by atoms with Crippen molar-refractivity contribution in [2.45, 2.75) is 26.3 Å². The molecule has 176 valence electrons. The Morgan fingerprint density at radius 3 is 2.63 bits per heavy atom. The number of Topliss-reactive ketones (excluding diaryl/α,β-unsaturated/α-hetero) is 1. The summed E-state index contributed by atoms with van der Waals surface area (Å²) in [5, 5.41) is 11.2. The van der Waals surface area contributed by atoms with Gasteiger partial charge in [-0.3, -0.25) is 19.5 Å². The second kappa shape index (κ2) is 9.06. The summed E-state index contributed by atoms with van der Waals surface area (Å²) < 4.78 is 5.61. The highest BCUT2D eigenvalue weighted by Crippen LogP contribution is 2.41. The molecule has 1 saturated heterocycles. The molecule has 8 heteroatoms. The molecule has 1 amide bonds. The number of pyridine rings is 1. The minimum Gasteiger partial charge on any atom is -0.507 e. The average molecular weight is 469 g/mol. The van der Waals surface area contributed by atoms with Gasteiger partial charge in [0.25, 0.3) is 5.78 Å². The van der Waals surface area contributed by atoms with Crippen LogP contribution < -0.4 is 9.64 Å². The summed E-state index contributed by atoms with van der Waals surface area (Å²) in [4.78, 5) is 39.9. The van der Waals surface area contributed by atoms with E-state index in [1.165, 1.54) is 4.90 Å². The molecule has 2 N–H and O–H groups in total. The first-order valence-electron chi connectivity index (χ1n) is 11.4. The quantitative estimate of drug-likeness (QED) is 0.242. The van der Waals surface area contributed by atoms with Gasteiger partial charge in [-0.1, -0.05) is 19.1 Å². The molecular weight excluding hydrogens is 444 g/mol. The van der Waals surface area contributed by atoms with Crippen molar-refractivity contribution >= 4 is 34.4 Å². The third kappa shape index (κ3) is 4.03. The van der Waals surface area contributed by atoms with Crippen LogP contribution in [0.4, 0.5) is 5.95 Å². The second-order valence-corrected chi connectivity index (χ2v) is 8.38. The highest BCUT2D eigenvalue weighted by molar-refractivity contribution is 6.51. The molecule has 0 aliphatic carbocycles. The molecule has 4 aromatic rings. The number of nitrogens with one attached hydrogen (secondary N) is 1. The van der Waals surface area contributed by atoms with E-state index >= 15 is 0 Å². The average Bonchev–Trinajstić information content (AvgIpc) is 3.40. The van der Waals surface area contributed by atoms with E-state index in [-0.39, 0.29) is 17.3 Å². The number of aromatic amines is 1. The maximum atomic E-state index is 13.3. The number of aromatic nitrogens is 3. The highest BCUT2D eigenvalue weighted by Gasteiger charge is 2.48. The number of carbonyl (C=O) groups excluding carboxylic acids is 2. The molecule has 1 aliphatic heterocycles. The number of benzene rings is 2. The fraction of sp³-hybridized carbons (Fsp3) is 0.185. The van der Waals surface area contributed by atoms with E-state index in [0.29, 0.717) is 29.1 Å². The number of aliphatic hydroxyl groups is 1. The first kappa shape index (κ1) is 22.3. The largest absolute Gasteiger partial charge is 0.507 e. The number of hydrogen-bond acceptors (Lipinski definition) is 6. The molecule has 0 bridgehead atoms. The van der Waals surface area contributed by atoms with Gasteiger partial charge in [0.15, 0.2) is 0 Å². The van der Waals surface area contributed by atoms with Crippen LogP contribution in [-0.2, 0) is 9.59 Å². The van der Waals surface area contributed by atoms with Crippen LogP contribution in [0.3, 0.4) is 0 Å². The second-order valence-electron chi connectivity index (χ2n) is 8.38. The zero-order valence-corrected chi connectivity index (χ0v) is 19.4. The predicted octanol–water partition coefficient (Wildman–Crippen LogP) is 4.68. The van der Waals surface area contributed by atoms with Crippen molar-refractivity contribution in [2.75, 3.05) is 11.5 Å². The number of fused-ring (bicyclic) bond motifs is 1. The van der Waals surface area contributed by atoms with E-state index in [4.69, 9.17) is 4.74 Å². The van der Waals surface area contributed by atoms with Crippen molar-refractivity contribution in [1.29, 1.82) is 0 Å².